The molecule has 0 aromatic rings. The molecule has 4 heavy (non-hydrogen) atoms. The predicted molar refractivity (Wildman–Crippen MR) is 16.4 cm³/mol. The van der Waals surface area contributed by atoms with Crippen molar-refractivity contribution in [2.45, 2.75) is 0 Å². The van der Waals surface area contributed by atoms with Crippen molar-refractivity contribution < 1.29 is 4.52 Å². The van der Waals surface area contributed by atoms with E-state index in [1.165, 1.54) is 6.26 Å². The summed E-state index contributed by atoms with van der Waals surface area (Å²) in [5.41, 5.74) is 0. The van der Waals surface area contributed by atoms with Crippen molar-refractivity contribution in [1.29, 1.82) is 5.26 Å². The third-order valence-electron chi connectivity index (χ3n) is 0.0527. The van der Waals surface area contributed by atoms with Gasteiger partial charge in [0, 0.05) is 0 Å². The van der Waals surface area contributed by atoms with Crippen LogP contribution in [0.3, 0.4) is 0 Å². The van der Waals surface area contributed by atoms with E-state index in [0.29, 0.717) is 0 Å². The molecule has 0 amide bonds. The van der Waals surface area contributed by atoms with Crippen LogP contribution in [0, 0.1) is 11.5 Å². The fourth-order valence-corrected chi connectivity index (χ4v) is 0. The van der Waals surface area contributed by atoms with Crippen LogP contribution in [0.4, 0.5) is 0 Å². The first-order valence-corrected chi connectivity index (χ1v) is 1.13. The Kier molecular flexibility index (Phi) is 2.53. The molecule has 0 aliphatic heterocycles. The zero-order valence-corrected chi connectivity index (χ0v) is 3.09. The molecule has 0 heterocycles. The molecule has 0 saturated heterocycles. The molecule has 0 aromatic heterocycles. The molecule has 0 bridgehead atoms. The minimum absolute atomic E-state index is 1.39. The summed E-state index contributed by atoms with van der Waals surface area (Å²) >= 11 is 0. The van der Waals surface area contributed by atoms with E-state index in [9.17, 15) is 0 Å². The summed E-state index contributed by atoms with van der Waals surface area (Å²) in [7, 11) is 1.79. The van der Waals surface area contributed by atoms with Crippen LogP contribution < -0.4 is 0 Å². The lowest BCUT2D eigenvalue weighted by Crippen LogP contribution is -1.38. The van der Waals surface area contributed by atoms with Crippen molar-refractivity contribution in [3.63, 3.8) is 0 Å². The van der Waals surface area contributed by atoms with E-state index < -0.39 is 0 Å². The number of hydrogen-bond acceptors (Lipinski definition) is 2. The maximum Gasteiger partial charge on any atom is 0.288 e. The zero-order valence-electron chi connectivity index (χ0n) is 1.93. The standard InChI is InChI=1S/CH2NOP/c2-1-3-4/h4H2. The van der Waals surface area contributed by atoms with Gasteiger partial charge in [-0.1, -0.05) is 0 Å². The average Bonchev–Trinajstić information content (AvgIpc) is 1.37. The van der Waals surface area contributed by atoms with Crippen molar-refractivity contribution in [2.75, 3.05) is 0 Å². The van der Waals surface area contributed by atoms with Crippen molar-refractivity contribution >= 4 is 9.47 Å². The predicted octanol–water partition coefficient (Wildman–Crippen LogP) is 0.274. The van der Waals surface area contributed by atoms with Crippen LogP contribution >= 0.6 is 9.47 Å². The van der Waals surface area contributed by atoms with E-state index >= 15 is 0 Å². The van der Waals surface area contributed by atoms with Crippen molar-refractivity contribution in [3.05, 3.63) is 0 Å². The second kappa shape index (κ2) is 2.72. The highest BCUT2D eigenvalue weighted by molar-refractivity contribution is 7.10. The topological polar surface area (TPSA) is 33.0 Å². The van der Waals surface area contributed by atoms with E-state index in [0.717, 1.165) is 0 Å². The van der Waals surface area contributed by atoms with E-state index in [4.69, 9.17) is 5.26 Å². The van der Waals surface area contributed by atoms with Crippen LogP contribution in [0.5, 0.6) is 0 Å². The Bertz CT molecular complexity index is 37.8. The molecule has 22 valence electrons. The summed E-state index contributed by atoms with van der Waals surface area (Å²) in [6.07, 6.45) is 1.39. The van der Waals surface area contributed by atoms with Crippen molar-refractivity contribution in [2.24, 2.45) is 0 Å². The van der Waals surface area contributed by atoms with Crippen LogP contribution in [-0.4, -0.2) is 0 Å². The highest BCUT2D eigenvalue weighted by Crippen LogP contribution is 1.73. The van der Waals surface area contributed by atoms with Gasteiger partial charge < -0.3 is 4.52 Å². The van der Waals surface area contributed by atoms with Gasteiger partial charge in [0.05, 0.1) is 9.47 Å². The lowest BCUT2D eigenvalue weighted by atomic mass is 11.6. The van der Waals surface area contributed by atoms with Gasteiger partial charge in [0.15, 0.2) is 0 Å². The first-order chi connectivity index (χ1) is 1.91. The Hall–Kier alpha value is -0.280. The minimum Gasteiger partial charge on any atom is -0.414 e. The average molecular weight is 75.0 g/mol. The summed E-state index contributed by atoms with van der Waals surface area (Å²) in [4.78, 5) is 0. The Morgan fingerprint density at radius 2 is 2.25 bits per heavy atom. The molecule has 0 saturated carbocycles. The third kappa shape index (κ3) is 1.72. The normalized spacial score (nSPS) is 4.00. The monoisotopic (exact) mass is 75.0 g/mol. The highest BCUT2D eigenvalue weighted by Gasteiger charge is 1.42. The second-order valence-electron chi connectivity index (χ2n) is 0.209. The van der Waals surface area contributed by atoms with E-state index in [2.05, 4.69) is 4.52 Å². The van der Waals surface area contributed by atoms with Crippen molar-refractivity contribution in [1.82, 2.24) is 0 Å². The van der Waals surface area contributed by atoms with Gasteiger partial charge in [-0.3, -0.25) is 0 Å². The van der Waals surface area contributed by atoms with Gasteiger partial charge in [0.25, 0.3) is 6.26 Å². The summed E-state index contributed by atoms with van der Waals surface area (Å²) in [6.45, 7) is 0. The third-order valence-corrected chi connectivity index (χ3v) is 0.158. The number of nitrogens with zero attached hydrogens (tertiary/aromatic N) is 1. The van der Waals surface area contributed by atoms with Crippen LogP contribution in [-0.2, 0) is 4.52 Å². The molecule has 1 unspecified atom stereocenters. The van der Waals surface area contributed by atoms with Crippen LogP contribution in [0.25, 0.3) is 0 Å². The Labute approximate surface area is 26.7 Å². The molecule has 0 radical (unpaired) electrons. The van der Waals surface area contributed by atoms with Gasteiger partial charge in [-0.05, 0) is 0 Å². The Balaban J connectivity index is 2.43. The van der Waals surface area contributed by atoms with Gasteiger partial charge >= 0.3 is 0 Å². The van der Waals surface area contributed by atoms with Gasteiger partial charge in [0.2, 0.25) is 0 Å². The molecule has 3 heteroatoms. The van der Waals surface area contributed by atoms with E-state index in [-0.39, 0.29) is 0 Å². The molecule has 0 rings (SSSR count). The second-order valence-corrected chi connectivity index (χ2v) is 0.445. The lowest BCUT2D eigenvalue weighted by Gasteiger charge is -1.61. The maximum atomic E-state index is 7.38. The Morgan fingerprint density at radius 1 is 2.00 bits per heavy atom. The molecule has 1 atom stereocenters. The SMILES string of the molecule is N#COP. The number of rotatable bonds is 0. The van der Waals surface area contributed by atoms with E-state index in [1.807, 2.05) is 0 Å². The minimum atomic E-state index is 1.39. The van der Waals surface area contributed by atoms with Crippen LogP contribution in [0.15, 0.2) is 0 Å². The summed E-state index contributed by atoms with van der Waals surface area (Å²) in [5, 5.41) is 7.38. The van der Waals surface area contributed by atoms with Crippen LogP contribution in [0.1, 0.15) is 0 Å². The zero-order chi connectivity index (χ0) is 3.41. The molecule has 0 fully saturated rings. The summed E-state index contributed by atoms with van der Waals surface area (Å²) in [5.74, 6) is 0. The molecule has 0 N–H and O–H groups in total. The summed E-state index contributed by atoms with van der Waals surface area (Å²) in [6, 6.07) is 0. The Morgan fingerprint density at radius 3 is 2.25 bits per heavy atom. The first kappa shape index (κ1) is 3.72. The fourth-order valence-electron chi connectivity index (χ4n) is 0. The molecular formula is CH2NOP. The van der Waals surface area contributed by atoms with Gasteiger partial charge in [-0.25, -0.2) is 0 Å². The summed E-state index contributed by atoms with van der Waals surface area (Å²) < 4.78 is 3.76. The maximum absolute atomic E-state index is 7.38. The van der Waals surface area contributed by atoms with Gasteiger partial charge in [-0.2, -0.15) is 5.26 Å². The lowest BCUT2D eigenvalue weighted by molar-refractivity contribution is 0.594. The molecule has 0 spiro atoms. The van der Waals surface area contributed by atoms with E-state index in [1.54, 1.807) is 9.47 Å². The smallest absolute Gasteiger partial charge is 0.288 e. The van der Waals surface area contributed by atoms with Gasteiger partial charge in [-0.15, -0.1) is 0 Å². The first-order valence-electron chi connectivity index (χ1n) is 0.663. The highest BCUT2D eigenvalue weighted by atomic mass is 31.0. The van der Waals surface area contributed by atoms with Crippen LogP contribution in [0.2, 0.25) is 0 Å². The molecule has 0 aliphatic carbocycles. The number of nitriles is 1. The van der Waals surface area contributed by atoms with Gasteiger partial charge in [0.1, 0.15) is 0 Å². The molecule has 0 aliphatic rings. The fraction of sp³-hybridized carbons (Fsp3) is 0. The molecular weight excluding hydrogens is 73.0 g/mol. The molecule has 2 nitrogen and oxygen atoms in total. The van der Waals surface area contributed by atoms with Crippen molar-refractivity contribution in [3.8, 4) is 6.26 Å². The quantitative estimate of drug-likeness (QED) is 0.306. The number of hydrogen-bond donors (Lipinski definition) is 0. The largest absolute Gasteiger partial charge is 0.414 e. The molecule has 0 aromatic carbocycles.